The van der Waals surface area contributed by atoms with Crippen molar-refractivity contribution in [1.82, 2.24) is 0 Å². The van der Waals surface area contributed by atoms with Gasteiger partial charge >= 0.3 is 0 Å². The van der Waals surface area contributed by atoms with Crippen LogP contribution in [0.1, 0.15) is 85.0 Å². The number of benzene rings is 6. The van der Waals surface area contributed by atoms with Gasteiger partial charge in [-0.3, -0.25) is 0 Å². The summed E-state index contributed by atoms with van der Waals surface area (Å²) in [6, 6.07) is 55.6. The van der Waals surface area contributed by atoms with E-state index in [1.165, 1.54) is 43.8 Å². The fraction of sp³-hybridized carbons (Fsp3) is 0.233. The normalized spacial score (nSPS) is 17.3. The molecular formula is C60H60N2O6S2Si. The van der Waals surface area contributed by atoms with Gasteiger partial charge in [0, 0.05) is 59.8 Å². The molecule has 0 fully saturated rings. The van der Waals surface area contributed by atoms with Crippen LogP contribution < -0.4 is 0 Å². The van der Waals surface area contributed by atoms with Gasteiger partial charge in [-0.15, -0.1) is 0 Å². The van der Waals surface area contributed by atoms with Gasteiger partial charge in [-0.1, -0.05) is 159 Å². The van der Waals surface area contributed by atoms with E-state index in [-0.39, 0.29) is 23.7 Å². The summed E-state index contributed by atoms with van der Waals surface area (Å²) in [5.41, 5.74) is 15.1. The van der Waals surface area contributed by atoms with Crippen LogP contribution in [0, 0.1) is 0 Å². The zero-order valence-electron chi connectivity index (χ0n) is 41.2. The van der Waals surface area contributed by atoms with Crippen LogP contribution in [0.4, 0.5) is 11.4 Å². The lowest BCUT2D eigenvalue weighted by atomic mass is 9.81. The third-order valence-corrected chi connectivity index (χ3v) is 19.7. The van der Waals surface area contributed by atoms with E-state index in [2.05, 4.69) is 208 Å². The predicted molar refractivity (Wildman–Crippen MR) is 292 cm³/mol. The average Bonchev–Trinajstić information content (AvgIpc) is 3.81. The van der Waals surface area contributed by atoms with Gasteiger partial charge in [0.15, 0.2) is 11.4 Å². The molecule has 9 rings (SSSR count). The summed E-state index contributed by atoms with van der Waals surface area (Å²) < 4.78 is 73.7. The summed E-state index contributed by atoms with van der Waals surface area (Å²) in [5.74, 6) is -0.814. The minimum atomic E-state index is -4.33. The zero-order chi connectivity index (χ0) is 50.3. The van der Waals surface area contributed by atoms with Crippen molar-refractivity contribution in [3.05, 3.63) is 214 Å². The van der Waals surface area contributed by atoms with E-state index < -0.39 is 39.8 Å². The molecule has 8 nitrogen and oxygen atoms in total. The molecule has 0 atom stereocenters. The SMILES string of the molecule is CC1(C)C(/C=C/c2ccc(C3=C(c4ccccc4)C(c4ccccc4)=C(c4ccc(/C=C/C5=[N+](CCCS(=O)(=O)[O-])c6ccccc6C5(C)C)cc4)[Si]3(C)C)cc2)=[N+](CCCS(=O)(=O)[O-])c2ccccc21. The lowest BCUT2D eigenvalue weighted by Gasteiger charge is -2.26. The number of allylic oxidation sites excluding steroid dienone is 4. The van der Waals surface area contributed by atoms with E-state index in [0.29, 0.717) is 13.1 Å². The molecule has 6 aromatic carbocycles. The Hall–Kier alpha value is -6.34. The first-order chi connectivity index (χ1) is 33.8. The number of nitrogens with zero attached hydrogens (tertiary/aromatic N) is 2. The Kier molecular flexibility index (Phi) is 13.5. The fourth-order valence-corrected chi connectivity index (χ4v) is 16.0. The third kappa shape index (κ3) is 9.99. The Morgan fingerprint density at radius 1 is 0.451 bits per heavy atom. The molecule has 0 amide bonds. The number of hydrogen-bond donors (Lipinski definition) is 0. The minimum absolute atomic E-state index is 0.236. The number of para-hydroxylation sites is 2. The van der Waals surface area contributed by atoms with Crippen molar-refractivity contribution < 1.29 is 35.1 Å². The smallest absolute Gasteiger partial charge is 0.209 e. The summed E-state index contributed by atoms with van der Waals surface area (Å²) in [7, 11) is -11.2. The fourth-order valence-electron chi connectivity index (χ4n) is 11.2. The second-order valence-electron chi connectivity index (χ2n) is 20.4. The van der Waals surface area contributed by atoms with E-state index in [9.17, 15) is 25.9 Å². The minimum Gasteiger partial charge on any atom is -0.748 e. The van der Waals surface area contributed by atoms with Crippen molar-refractivity contribution in [2.45, 2.75) is 64.5 Å². The number of rotatable bonds is 16. The molecule has 3 heterocycles. The summed E-state index contributed by atoms with van der Waals surface area (Å²) >= 11 is 0. The highest BCUT2D eigenvalue weighted by Gasteiger charge is 2.46. The second kappa shape index (κ2) is 19.3. The van der Waals surface area contributed by atoms with Gasteiger partial charge in [-0.25, -0.2) is 16.8 Å². The van der Waals surface area contributed by atoms with Crippen LogP contribution in [0.25, 0.3) is 33.7 Å². The first kappa shape index (κ1) is 49.6. The topological polar surface area (TPSA) is 120 Å². The van der Waals surface area contributed by atoms with Crippen LogP contribution in [-0.2, 0) is 31.1 Å². The first-order valence-corrected chi connectivity index (χ1v) is 30.4. The van der Waals surface area contributed by atoms with Crippen LogP contribution in [0.2, 0.25) is 13.1 Å². The van der Waals surface area contributed by atoms with Crippen LogP contribution in [-0.4, -0.2) is 79.2 Å². The monoisotopic (exact) mass is 996 g/mol. The van der Waals surface area contributed by atoms with E-state index >= 15 is 0 Å². The van der Waals surface area contributed by atoms with Crippen molar-refractivity contribution in [2.24, 2.45) is 0 Å². The highest BCUT2D eigenvalue weighted by atomic mass is 32.2. The van der Waals surface area contributed by atoms with Crippen LogP contribution >= 0.6 is 0 Å². The zero-order valence-corrected chi connectivity index (χ0v) is 43.9. The molecule has 0 bridgehead atoms. The average molecular weight is 997 g/mol. The van der Waals surface area contributed by atoms with Gasteiger partial charge in [0.05, 0.1) is 31.1 Å². The maximum Gasteiger partial charge on any atom is 0.209 e. The molecule has 0 saturated heterocycles. The molecule has 0 unspecified atom stereocenters. The van der Waals surface area contributed by atoms with E-state index in [4.69, 9.17) is 0 Å². The van der Waals surface area contributed by atoms with Crippen molar-refractivity contribution >= 4 is 84.8 Å². The summed E-state index contributed by atoms with van der Waals surface area (Å²) in [6.45, 7) is 14.5. The van der Waals surface area contributed by atoms with Gasteiger partial charge in [0.2, 0.25) is 11.4 Å². The summed E-state index contributed by atoms with van der Waals surface area (Å²) in [5, 5.41) is 2.73. The molecule has 0 N–H and O–H groups in total. The molecule has 0 radical (unpaired) electrons. The van der Waals surface area contributed by atoms with E-state index in [0.717, 1.165) is 45.1 Å². The van der Waals surface area contributed by atoms with Crippen molar-refractivity contribution in [3.63, 3.8) is 0 Å². The molecule has 6 aromatic rings. The summed E-state index contributed by atoms with van der Waals surface area (Å²) in [6.07, 6.45) is 9.02. The summed E-state index contributed by atoms with van der Waals surface area (Å²) in [4.78, 5) is 0. The molecular weight excluding hydrogens is 937 g/mol. The molecule has 3 aliphatic heterocycles. The van der Waals surface area contributed by atoms with E-state index in [1.54, 1.807) is 0 Å². The molecule has 71 heavy (non-hydrogen) atoms. The Morgan fingerprint density at radius 3 is 1.14 bits per heavy atom. The third-order valence-electron chi connectivity index (χ3n) is 14.5. The van der Waals surface area contributed by atoms with Crippen molar-refractivity contribution in [1.29, 1.82) is 0 Å². The molecule has 0 aromatic heterocycles. The van der Waals surface area contributed by atoms with E-state index in [1.807, 2.05) is 24.3 Å². The maximum atomic E-state index is 11.6. The van der Waals surface area contributed by atoms with Crippen LogP contribution in [0.3, 0.4) is 0 Å². The lowest BCUT2D eigenvalue weighted by molar-refractivity contribution is -0.437. The molecule has 0 aliphatic carbocycles. The molecule has 0 spiro atoms. The molecule has 0 saturated carbocycles. The quantitative estimate of drug-likeness (QED) is 0.0541. The Bertz CT molecular complexity index is 3230. The number of fused-ring (bicyclic) bond motifs is 2. The molecule has 11 heteroatoms. The predicted octanol–water partition coefficient (Wildman–Crippen LogP) is 12.1. The second-order valence-corrected chi connectivity index (χ2v) is 27.7. The molecule has 3 aliphatic rings. The van der Waals surface area contributed by atoms with Gasteiger partial charge < -0.3 is 9.11 Å². The highest BCUT2D eigenvalue weighted by Crippen LogP contribution is 2.55. The van der Waals surface area contributed by atoms with Gasteiger partial charge in [0.1, 0.15) is 21.2 Å². The lowest BCUT2D eigenvalue weighted by Crippen LogP contribution is -2.28. The van der Waals surface area contributed by atoms with Gasteiger partial charge in [0.25, 0.3) is 0 Å². The Morgan fingerprint density at radius 2 is 0.789 bits per heavy atom. The largest absolute Gasteiger partial charge is 0.748 e. The van der Waals surface area contributed by atoms with Gasteiger partial charge in [-0.2, -0.15) is 9.15 Å². The first-order valence-electron chi connectivity index (χ1n) is 24.3. The Labute approximate surface area is 421 Å². The highest BCUT2D eigenvalue weighted by molar-refractivity contribution is 7.85. The van der Waals surface area contributed by atoms with Crippen molar-refractivity contribution in [3.8, 4) is 0 Å². The van der Waals surface area contributed by atoms with Crippen LogP contribution in [0.15, 0.2) is 170 Å². The molecule has 362 valence electrons. The van der Waals surface area contributed by atoms with Crippen molar-refractivity contribution in [2.75, 3.05) is 24.6 Å². The van der Waals surface area contributed by atoms with Crippen LogP contribution in [0.5, 0.6) is 0 Å². The number of hydrogen-bond acceptors (Lipinski definition) is 6. The van der Waals surface area contributed by atoms with Gasteiger partial charge in [-0.05, 0) is 94.8 Å². The standard InChI is InChI=1S/C60H60N2O6S2Si/c1-59(2)49-23-13-15-25-51(49)61(39-17-41-69(63,64)65)53(59)37-31-43-27-33-47(34-28-43)57-55(45-19-9-7-10-20-45)56(46-21-11-8-12-22-46)58(71(57,5)6)48-35-29-44(30-36-48)32-38-54-60(3,4)50-24-14-16-26-52(50)62(54)40-18-42-70(66,67)68/h7-16,19-38H,17-18,39-42H2,1-6H3/b37-31+,38-32+. The maximum absolute atomic E-state index is 11.6. The Balaban J connectivity index is 1.08.